The maximum atomic E-state index is 12.6. The van der Waals surface area contributed by atoms with Gasteiger partial charge in [0, 0.05) is 19.2 Å². The summed E-state index contributed by atoms with van der Waals surface area (Å²) in [7, 11) is -3.81. The average molecular weight is 335 g/mol. The van der Waals surface area contributed by atoms with Crippen LogP contribution >= 0.6 is 11.6 Å². The van der Waals surface area contributed by atoms with Gasteiger partial charge in [0.2, 0.25) is 10.0 Å². The van der Waals surface area contributed by atoms with Crippen LogP contribution in [-0.4, -0.2) is 42.9 Å². The molecule has 2 rings (SSSR count). The lowest BCUT2D eigenvalue weighted by Gasteiger charge is -2.34. The van der Waals surface area contributed by atoms with Crippen LogP contribution in [0.4, 0.5) is 5.69 Å². The van der Waals surface area contributed by atoms with Crippen molar-refractivity contribution in [2.45, 2.75) is 31.0 Å². The number of rotatable bonds is 3. The van der Waals surface area contributed by atoms with E-state index in [1.165, 1.54) is 16.4 Å². The van der Waals surface area contributed by atoms with Crippen molar-refractivity contribution >= 4 is 27.3 Å². The van der Waals surface area contributed by atoms with Gasteiger partial charge < -0.3 is 4.74 Å². The second-order valence-corrected chi connectivity index (χ2v) is 7.29. The summed E-state index contributed by atoms with van der Waals surface area (Å²) in [5.74, 6) is 0. The van der Waals surface area contributed by atoms with Gasteiger partial charge in [-0.3, -0.25) is 10.1 Å². The lowest BCUT2D eigenvalue weighted by atomic mass is 10.3. The van der Waals surface area contributed by atoms with E-state index in [1.807, 2.05) is 0 Å². The Hall–Kier alpha value is -1.22. The molecule has 2 atom stereocenters. The van der Waals surface area contributed by atoms with E-state index in [9.17, 15) is 18.5 Å². The average Bonchev–Trinajstić information content (AvgIpc) is 2.37. The largest absolute Gasteiger partial charge is 0.373 e. The second-order valence-electron chi connectivity index (χ2n) is 4.95. The van der Waals surface area contributed by atoms with Crippen molar-refractivity contribution in [1.29, 1.82) is 0 Å². The highest BCUT2D eigenvalue weighted by Crippen LogP contribution is 2.29. The highest BCUT2D eigenvalue weighted by atomic mass is 35.5. The Morgan fingerprint density at radius 3 is 2.43 bits per heavy atom. The van der Waals surface area contributed by atoms with Gasteiger partial charge in [0.15, 0.2) is 0 Å². The zero-order valence-electron chi connectivity index (χ0n) is 11.5. The summed E-state index contributed by atoms with van der Waals surface area (Å²) >= 11 is 5.70. The molecule has 1 aromatic rings. The molecule has 0 saturated carbocycles. The number of sulfonamides is 1. The number of nitro benzene ring substituents is 1. The van der Waals surface area contributed by atoms with E-state index in [0.717, 1.165) is 6.07 Å². The Morgan fingerprint density at radius 2 is 1.90 bits per heavy atom. The number of halogens is 1. The van der Waals surface area contributed by atoms with Crippen molar-refractivity contribution in [1.82, 2.24) is 4.31 Å². The molecule has 0 bridgehead atoms. The summed E-state index contributed by atoms with van der Waals surface area (Å²) in [6.45, 7) is 3.98. The van der Waals surface area contributed by atoms with Crippen LogP contribution in [0.5, 0.6) is 0 Å². The molecule has 1 fully saturated rings. The van der Waals surface area contributed by atoms with Crippen molar-refractivity contribution in [2.24, 2.45) is 0 Å². The van der Waals surface area contributed by atoms with E-state index in [2.05, 4.69) is 0 Å². The lowest BCUT2D eigenvalue weighted by molar-refractivity contribution is -0.384. The zero-order chi connectivity index (χ0) is 15.8. The summed E-state index contributed by atoms with van der Waals surface area (Å²) in [5.41, 5.74) is -0.424. The number of hydrogen-bond donors (Lipinski definition) is 0. The number of nitrogens with zero attached hydrogens (tertiary/aromatic N) is 2. The first kappa shape index (κ1) is 16.2. The first-order valence-corrected chi connectivity index (χ1v) is 8.13. The number of morpholine rings is 1. The predicted octanol–water partition coefficient (Wildman–Crippen LogP) is 2.05. The van der Waals surface area contributed by atoms with Crippen LogP contribution in [-0.2, 0) is 14.8 Å². The Bertz CT molecular complexity index is 654. The molecule has 0 spiro atoms. The molecule has 1 heterocycles. The first-order chi connectivity index (χ1) is 9.71. The monoisotopic (exact) mass is 334 g/mol. The van der Waals surface area contributed by atoms with Crippen LogP contribution in [0.15, 0.2) is 23.1 Å². The summed E-state index contributed by atoms with van der Waals surface area (Å²) in [6, 6.07) is 3.48. The number of benzene rings is 1. The number of hydrogen-bond acceptors (Lipinski definition) is 5. The van der Waals surface area contributed by atoms with Crippen molar-refractivity contribution in [3.63, 3.8) is 0 Å². The SMILES string of the molecule is C[C@@H]1CN(S(=O)(=O)c2ccc(Cl)c([N+](=O)[O-])c2)C[C@H](C)O1. The van der Waals surface area contributed by atoms with Gasteiger partial charge in [-0.25, -0.2) is 8.42 Å². The smallest absolute Gasteiger partial charge is 0.289 e. The topological polar surface area (TPSA) is 89.8 Å². The highest BCUT2D eigenvalue weighted by molar-refractivity contribution is 7.89. The maximum absolute atomic E-state index is 12.6. The van der Waals surface area contributed by atoms with Gasteiger partial charge in [0.05, 0.1) is 22.0 Å². The van der Waals surface area contributed by atoms with Crippen molar-refractivity contribution < 1.29 is 18.1 Å². The predicted molar refractivity (Wildman–Crippen MR) is 76.9 cm³/mol. The van der Waals surface area contributed by atoms with Gasteiger partial charge in [-0.05, 0) is 26.0 Å². The van der Waals surface area contributed by atoms with Crippen molar-refractivity contribution in [3.05, 3.63) is 33.3 Å². The van der Waals surface area contributed by atoms with Crippen LogP contribution < -0.4 is 0 Å². The molecular weight excluding hydrogens is 320 g/mol. The molecule has 21 heavy (non-hydrogen) atoms. The van der Waals surface area contributed by atoms with Crippen LogP contribution in [0, 0.1) is 10.1 Å². The number of ether oxygens (including phenoxy) is 1. The van der Waals surface area contributed by atoms with Gasteiger partial charge in [0.1, 0.15) is 5.02 Å². The van der Waals surface area contributed by atoms with Gasteiger partial charge in [-0.2, -0.15) is 4.31 Å². The summed E-state index contributed by atoms with van der Waals surface area (Å²) in [5, 5.41) is 10.8. The first-order valence-electron chi connectivity index (χ1n) is 6.31. The Kier molecular flexibility index (Phi) is 4.52. The summed E-state index contributed by atoms with van der Waals surface area (Å²) in [4.78, 5) is 10.0. The molecule has 9 heteroatoms. The fraction of sp³-hybridized carbons (Fsp3) is 0.500. The fourth-order valence-corrected chi connectivity index (χ4v) is 4.07. The summed E-state index contributed by atoms with van der Waals surface area (Å²) in [6.07, 6.45) is -0.461. The lowest BCUT2D eigenvalue weighted by Crippen LogP contribution is -2.48. The normalized spacial score (nSPS) is 24.0. The van der Waals surface area contributed by atoms with Crippen LogP contribution in [0.1, 0.15) is 13.8 Å². The maximum Gasteiger partial charge on any atom is 0.289 e. The Morgan fingerprint density at radius 1 is 1.33 bits per heavy atom. The molecule has 0 N–H and O–H groups in total. The molecule has 0 aliphatic carbocycles. The molecular formula is C12H15ClN2O5S. The van der Waals surface area contributed by atoms with E-state index in [4.69, 9.17) is 16.3 Å². The van der Waals surface area contributed by atoms with E-state index >= 15 is 0 Å². The molecule has 0 aromatic heterocycles. The molecule has 1 aliphatic heterocycles. The molecule has 0 radical (unpaired) electrons. The molecule has 7 nitrogen and oxygen atoms in total. The minimum atomic E-state index is -3.81. The molecule has 0 unspecified atom stereocenters. The molecule has 1 aliphatic rings. The second kappa shape index (κ2) is 5.88. The third kappa shape index (κ3) is 3.34. The molecule has 1 aromatic carbocycles. The van der Waals surface area contributed by atoms with Crippen LogP contribution in [0.2, 0.25) is 5.02 Å². The standard InChI is InChI=1S/C12H15ClN2O5S/c1-8-6-14(7-9(2)20-8)21(18,19)10-3-4-11(13)12(5-10)15(16)17/h3-5,8-9H,6-7H2,1-2H3/t8-,9+. The van der Waals surface area contributed by atoms with E-state index in [-0.39, 0.29) is 35.2 Å². The van der Waals surface area contributed by atoms with Gasteiger partial charge in [0.25, 0.3) is 5.69 Å². The highest BCUT2D eigenvalue weighted by Gasteiger charge is 2.33. The van der Waals surface area contributed by atoms with E-state index in [0.29, 0.717) is 0 Å². The van der Waals surface area contributed by atoms with Gasteiger partial charge >= 0.3 is 0 Å². The van der Waals surface area contributed by atoms with Gasteiger partial charge in [-0.15, -0.1) is 0 Å². The molecule has 1 saturated heterocycles. The zero-order valence-corrected chi connectivity index (χ0v) is 13.1. The fourth-order valence-electron chi connectivity index (χ4n) is 2.27. The van der Waals surface area contributed by atoms with Gasteiger partial charge in [-0.1, -0.05) is 11.6 Å². The molecule has 116 valence electrons. The Labute approximate surface area is 127 Å². The van der Waals surface area contributed by atoms with Crippen LogP contribution in [0.3, 0.4) is 0 Å². The minimum Gasteiger partial charge on any atom is -0.373 e. The minimum absolute atomic E-state index is 0.0948. The number of nitro groups is 1. The van der Waals surface area contributed by atoms with Crippen molar-refractivity contribution in [3.8, 4) is 0 Å². The third-order valence-electron chi connectivity index (χ3n) is 3.14. The van der Waals surface area contributed by atoms with Crippen LogP contribution in [0.25, 0.3) is 0 Å². The van der Waals surface area contributed by atoms with E-state index in [1.54, 1.807) is 13.8 Å². The Balaban J connectivity index is 2.40. The quantitative estimate of drug-likeness (QED) is 0.623. The van der Waals surface area contributed by atoms with E-state index < -0.39 is 20.6 Å². The summed E-state index contributed by atoms with van der Waals surface area (Å²) < 4.78 is 31.9. The van der Waals surface area contributed by atoms with Crippen molar-refractivity contribution in [2.75, 3.05) is 13.1 Å². The third-order valence-corrected chi connectivity index (χ3v) is 5.29. The molecule has 0 amide bonds.